The number of benzene rings is 1. The zero-order valence-corrected chi connectivity index (χ0v) is 26.1. The molecule has 2 aliphatic heterocycles. The molecule has 3 aromatic heterocycles. The lowest BCUT2D eigenvalue weighted by Crippen LogP contribution is -2.66. The molecule has 0 radical (unpaired) electrons. The van der Waals surface area contributed by atoms with Crippen molar-refractivity contribution in [2.75, 3.05) is 38.7 Å². The summed E-state index contributed by atoms with van der Waals surface area (Å²) in [4.78, 5) is 27.2. The summed E-state index contributed by atoms with van der Waals surface area (Å²) in [6.07, 6.45) is 4.53. The maximum absolute atomic E-state index is 15.6. The van der Waals surface area contributed by atoms with Crippen LogP contribution in [0.3, 0.4) is 0 Å². The highest BCUT2D eigenvalue weighted by Gasteiger charge is 2.47. The standard InChI is InChI=1S/C32H32Cl2FN7O3/c1-45-31-19(15-36-13-14-43)5-6-23(40-31)21-9-12-37-29(27(21)34)22-3-2-4-24(26(22)33)39-30-28(35)20(8-11-38-30)16-42-17-32(18-42)10-7-25(44)41-32/h2-6,8-9,11-12,36,43H,7,10,13-18H2,1H3,(H,38,39)(H,41,44). The van der Waals surface area contributed by atoms with Gasteiger partial charge in [0.15, 0.2) is 11.6 Å². The summed E-state index contributed by atoms with van der Waals surface area (Å²) in [5.41, 5.74) is 3.80. The van der Waals surface area contributed by atoms with Gasteiger partial charge in [0.25, 0.3) is 0 Å². The first-order valence-corrected chi connectivity index (χ1v) is 15.3. The van der Waals surface area contributed by atoms with Gasteiger partial charge in [0, 0.05) is 73.8 Å². The van der Waals surface area contributed by atoms with Gasteiger partial charge in [-0.1, -0.05) is 41.4 Å². The van der Waals surface area contributed by atoms with E-state index in [1.165, 1.54) is 0 Å². The molecule has 1 aromatic carbocycles. The molecule has 0 bridgehead atoms. The third-order valence-corrected chi connectivity index (χ3v) is 8.85. The molecule has 13 heteroatoms. The normalized spacial score (nSPS) is 15.6. The van der Waals surface area contributed by atoms with Crippen molar-refractivity contribution in [3.05, 3.63) is 81.8 Å². The zero-order chi connectivity index (χ0) is 31.6. The zero-order valence-electron chi connectivity index (χ0n) is 24.5. The minimum Gasteiger partial charge on any atom is -0.481 e. The van der Waals surface area contributed by atoms with Crippen molar-refractivity contribution in [3.8, 4) is 28.4 Å². The Hall–Kier alpha value is -3.87. The van der Waals surface area contributed by atoms with E-state index in [9.17, 15) is 4.79 Å². The summed E-state index contributed by atoms with van der Waals surface area (Å²) < 4.78 is 21.1. The van der Waals surface area contributed by atoms with Crippen molar-refractivity contribution >= 4 is 40.6 Å². The number of ether oxygens (including phenoxy) is 1. The maximum atomic E-state index is 15.6. The van der Waals surface area contributed by atoms with Gasteiger partial charge in [0.1, 0.15) is 0 Å². The Morgan fingerprint density at radius 1 is 1.07 bits per heavy atom. The molecule has 6 rings (SSSR count). The number of methoxy groups -OCH3 is 1. The number of nitrogens with one attached hydrogen (secondary N) is 3. The van der Waals surface area contributed by atoms with E-state index in [4.69, 9.17) is 33.0 Å². The molecule has 0 aliphatic carbocycles. The average Bonchev–Trinajstić information content (AvgIpc) is 3.42. The van der Waals surface area contributed by atoms with Gasteiger partial charge in [-0.15, -0.1) is 0 Å². The molecular weight excluding hydrogens is 620 g/mol. The molecule has 4 N–H and O–H groups in total. The van der Waals surface area contributed by atoms with Gasteiger partial charge >= 0.3 is 0 Å². The minimum absolute atomic E-state index is 0.0303. The van der Waals surface area contributed by atoms with Crippen molar-refractivity contribution in [2.24, 2.45) is 0 Å². The van der Waals surface area contributed by atoms with Crippen LogP contribution < -0.4 is 20.7 Å². The number of carbonyl (C=O) groups excluding carboxylic acids is 1. The number of likely N-dealkylation sites (tertiary alicyclic amines) is 1. The van der Waals surface area contributed by atoms with Crippen LogP contribution in [-0.2, 0) is 17.9 Å². The van der Waals surface area contributed by atoms with Crippen LogP contribution in [0.25, 0.3) is 22.5 Å². The second-order valence-corrected chi connectivity index (χ2v) is 11.9. The summed E-state index contributed by atoms with van der Waals surface area (Å²) in [5, 5.41) is 18.9. The van der Waals surface area contributed by atoms with E-state index in [-0.39, 0.29) is 23.9 Å². The fourth-order valence-electron chi connectivity index (χ4n) is 5.87. The van der Waals surface area contributed by atoms with E-state index in [0.717, 1.165) is 12.0 Å². The SMILES string of the molecule is COc1nc(-c2ccnc(-c3cccc(Nc4nccc(CN5CC6(CCC(=O)N6)C5)c4F)c3Cl)c2Cl)ccc1CNCCO. The van der Waals surface area contributed by atoms with Crippen LogP contribution in [0, 0.1) is 5.82 Å². The van der Waals surface area contributed by atoms with Crippen molar-refractivity contribution < 1.29 is 19.0 Å². The first-order chi connectivity index (χ1) is 21.8. The van der Waals surface area contributed by atoms with E-state index < -0.39 is 5.82 Å². The number of nitrogens with zero attached hydrogens (tertiary/aromatic N) is 4. The van der Waals surface area contributed by atoms with Gasteiger partial charge in [-0.25, -0.2) is 14.4 Å². The Morgan fingerprint density at radius 3 is 2.64 bits per heavy atom. The number of aromatic nitrogens is 3. The van der Waals surface area contributed by atoms with E-state index in [1.807, 2.05) is 12.1 Å². The van der Waals surface area contributed by atoms with Gasteiger partial charge in [0.2, 0.25) is 11.8 Å². The predicted molar refractivity (Wildman–Crippen MR) is 171 cm³/mol. The molecule has 4 aromatic rings. The number of aliphatic hydroxyl groups is 1. The molecule has 1 spiro atoms. The van der Waals surface area contributed by atoms with Gasteiger partial charge in [0.05, 0.1) is 46.4 Å². The first-order valence-electron chi connectivity index (χ1n) is 14.5. The van der Waals surface area contributed by atoms with Crippen LogP contribution in [0.2, 0.25) is 10.0 Å². The van der Waals surface area contributed by atoms with Crippen molar-refractivity contribution in [1.29, 1.82) is 0 Å². The molecule has 1 amide bonds. The second kappa shape index (κ2) is 13.2. The van der Waals surface area contributed by atoms with Gasteiger partial charge < -0.3 is 25.8 Å². The van der Waals surface area contributed by atoms with Crippen LogP contribution in [-0.4, -0.2) is 69.8 Å². The van der Waals surface area contributed by atoms with Gasteiger partial charge in [-0.2, -0.15) is 0 Å². The summed E-state index contributed by atoms with van der Waals surface area (Å²) in [6.45, 7) is 2.76. The van der Waals surface area contributed by atoms with Crippen LogP contribution in [0.1, 0.15) is 24.0 Å². The highest BCUT2D eigenvalue weighted by molar-refractivity contribution is 6.39. The third kappa shape index (κ3) is 6.45. The molecule has 10 nitrogen and oxygen atoms in total. The van der Waals surface area contributed by atoms with Crippen molar-refractivity contribution in [3.63, 3.8) is 0 Å². The lowest BCUT2D eigenvalue weighted by molar-refractivity contribution is -0.120. The molecule has 45 heavy (non-hydrogen) atoms. The molecule has 5 heterocycles. The molecule has 2 aliphatic rings. The van der Waals surface area contributed by atoms with Crippen LogP contribution >= 0.6 is 23.2 Å². The van der Waals surface area contributed by atoms with Crippen LogP contribution in [0.5, 0.6) is 5.88 Å². The van der Waals surface area contributed by atoms with E-state index in [2.05, 4.69) is 35.8 Å². The molecule has 0 saturated carbocycles. The van der Waals surface area contributed by atoms with E-state index in [0.29, 0.717) is 88.8 Å². The highest BCUT2D eigenvalue weighted by atomic mass is 35.5. The van der Waals surface area contributed by atoms with Crippen LogP contribution in [0.4, 0.5) is 15.9 Å². The highest BCUT2D eigenvalue weighted by Crippen LogP contribution is 2.41. The largest absolute Gasteiger partial charge is 0.481 e. The molecule has 2 saturated heterocycles. The first kappa shape index (κ1) is 31.1. The van der Waals surface area contributed by atoms with Crippen molar-refractivity contribution in [1.82, 2.24) is 30.5 Å². The summed E-state index contributed by atoms with van der Waals surface area (Å²) >= 11 is 13.8. The second-order valence-electron chi connectivity index (χ2n) is 11.2. The maximum Gasteiger partial charge on any atom is 0.220 e. The predicted octanol–water partition coefficient (Wildman–Crippen LogP) is 4.95. The summed E-state index contributed by atoms with van der Waals surface area (Å²) in [7, 11) is 1.55. The number of amides is 1. The molecule has 2 fully saturated rings. The fraction of sp³-hybridized carbons (Fsp3) is 0.312. The lowest BCUT2D eigenvalue weighted by Gasteiger charge is -2.48. The number of aliphatic hydroxyl groups excluding tert-OH is 1. The van der Waals surface area contributed by atoms with Gasteiger partial charge in [-0.3, -0.25) is 14.7 Å². The Balaban J connectivity index is 1.22. The molecule has 0 unspecified atom stereocenters. The Labute approximate surface area is 270 Å². The number of rotatable bonds is 11. The number of anilines is 2. The average molecular weight is 653 g/mol. The topological polar surface area (TPSA) is 125 Å². The quantitative estimate of drug-likeness (QED) is 0.167. The third-order valence-electron chi connectivity index (χ3n) is 8.06. The number of hydrogen-bond acceptors (Lipinski definition) is 9. The van der Waals surface area contributed by atoms with Gasteiger partial charge in [-0.05, 0) is 30.7 Å². The lowest BCUT2D eigenvalue weighted by atomic mass is 9.88. The van der Waals surface area contributed by atoms with E-state index >= 15 is 4.39 Å². The molecule has 0 atom stereocenters. The molecule has 234 valence electrons. The number of pyridine rings is 3. The molecular formula is C32H32Cl2FN7O3. The summed E-state index contributed by atoms with van der Waals surface area (Å²) in [6, 6.07) is 12.5. The smallest absolute Gasteiger partial charge is 0.220 e. The Kier molecular flexibility index (Phi) is 9.16. The number of carbonyl (C=O) groups is 1. The number of halogens is 3. The fourth-order valence-corrected chi connectivity index (χ4v) is 6.44. The Morgan fingerprint density at radius 2 is 1.89 bits per heavy atom. The number of hydrogen-bond donors (Lipinski definition) is 4. The van der Waals surface area contributed by atoms with Crippen molar-refractivity contribution in [2.45, 2.75) is 31.5 Å². The Bertz CT molecular complexity index is 1740. The summed E-state index contributed by atoms with van der Waals surface area (Å²) in [5.74, 6) is 0.0950. The van der Waals surface area contributed by atoms with Crippen LogP contribution in [0.15, 0.2) is 54.9 Å². The monoisotopic (exact) mass is 651 g/mol. The van der Waals surface area contributed by atoms with E-state index in [1.54, 1.807) is 49.8 Å². The minimum atomic E-state index is -0.469.